The lowest BCUT2D eigenvalue weighted by atomic mass is 10.2. The molecule has 0 unspecified atom stereocenters. The molecule has 80 valence electrons. The summed E-state index contributed by atoms with van der Waals surface area (Å²) in [6, 6.07) is 3.07. The second kappa shape index (κ2) is 4.94. The molecule has 0 aromatic carbocycles. The average Bonchev–Trinajstić information content (AvgIpc) is 2.25. The maximum Gasteiger partial charge on any atom is 0.322 e. The van der Waals surface area contributed by atoms with Crippen LogP contribution in [0.25, 0.3) is 0 Å². The minimum atomic E-state index is -1.11. The molecule has 0 aliphatic rings. The molecule has 1 aromatic rings. The summed E-state index contributed by atoms with van der Waals surface area (Å²) in [5.74, 6) is -1.46. The van der Waals surface area contributed by atoms with Gasteiger partial charge in [-0.25, -0.2) is 4.98 Å². The van der Waals surface area contributed by atoms with Crippen molar-refractivity contribution in [3.8, 4) is 5.88 Å². The molecule has 0 radical (unpaired) electrons. The van der Waals surface area contributed by atoms with Crippen molar-refractivity contribution in [1.29, 1.82) is 0 Å². The van der Waals surface area contributed by atoms with Crippen molar-refractivity contribution < 1.29 is 19.4 Å². The maximum absolute atomic E-state index is 11.4. The van der Waals surface area contributed by atoms with Gasteiger partial charge in [0.15, 0.2) is 0 Å². The molecule has 6 nitrogen and oxygen atoms in total. The zero-order valence-corrected chi connectivity index (χ0v) is 8.06. The summed E-state index contributed by atoms with van der Waals surface area (Å²) in [5.41, 5.74) is 0.209. The minimum Gasteiger partial charge on any atom is -0.480 e. The van der Waals surface area contributed by atoms with E-state index in [-0.39, 0.29) is 11.4 Å². The Morgan fingerprint density at radius 2 is 2.33 bits per heavy atom. The molecule has 0 spiro atoms. The Morgan fingerprint density at radius 3 is 2.93 bits per heavy atom. The van der Waals surface area contributed by atoms with Crippen LogP contribution in [0, 0.1) is 0 Å². The third kappa shape index (κ3) is 2.94. The Labute approximate surface area is 85.9 Å². The number of rotatable bonds is 4. The Kier molecular flexibility index (Phi) is 3.61. The molecule has 2 N–H and O–H groups in total. The van der Waals surface area contributed by atoms with E-state index in [9.17, 15) is 9.59 Å². The molecule has 0 bridgehead atoms. The number of nitrogens with one attached hydrogen (secondary N) is 1. The Balaban J connectivity index is 2.77. The molecule has 0 aliphatic heterocycles. The van der Waals surface area contributed by atoms with Crippen molar-refractivity contribution in [2.75, 3.05) is 13.7 Å². The van der Waals surface area contributed by atoms with Crippen LogP contribution in [0.1, 0.15) is 10.4 Å². The lowest BCUT2D eigenvalue weighted by molar-refractivity contribution is -0.135. The molecule has 0 saturated heterocycles. The number of carbonyl (C=O) groups is 2. The Bertz CT molecular complexity index is 378. The van der Waals surface area contributed by atoms with Crippen molar-refractivity contribution in [2.45, 2.75) is 0 Å². The first-order chi connectivity index (χ1) is 7.15. The number of hydrogen-bond donors (Lipinski definition) is 2. The van der Waals surface area contributed by atoms with Crippen LogP contribution in [0.5, 0.6) is 5.88 Å². The van der Waals surface area contributed by atoms with Gasteiger partial charge in [0.25, 0.3) is 5.91 Å². The standard InChI is InChI=1S/C9H10N2O4/c1-15-9-6(3-2-4-10-9)8(14)11-5-7(12)13/h2-4H,5H2,1H3,(H,11,14)(H,12,13). The number of amides is 1. The normalized spacial score (nSPS) is 9.40. The molecule has 1 rings (SSSR count). The van der Waals surface area contributed by atoms with Gasteiger partial charge >= 0.3 is 5.97 Å². The number of pyridine rings is 1. The summed E-state index contributed by atoms with van der Waals surface area (Å²) in [4.78, 5) is 25.5. The van der Waals surface area contributed by atoms with Crippen LogP contribution in [0.2, 0.25) is 0 Å². The fourth-order valence-electron chi connectivity index (χ4n) is 0.977. The van der Waals surface area contributed by atoms with Crippen LogP contribution in [0.3, 0.4) is 0 Å². The van der Waals surface area contributed by atoms with Crippen molar-refractivity contribution in [1.82, 2.24) is 10.3 Å². The molecule has 6 heteroatoms. The number of nitrogens with zero attached hydrogens (tertiary/aromatic N) is 1. The zero-order valence-electron chi connectivity index (χ0n) is 8.06. The van der Waals surface area contributed by atoms with E-state index in [2.05, 4.69) is 10.3 Å². The van der Waals surface area contributed by atoms with Crippen LogP contribution >= 0.6 is 0 Å². The highest BCUT2D eigenvalue weighted by atomic mass is 16.5. The molecule has 0 saturated carbocycles. The molecule has 0 aliphatic carbocycles. The van der Waals surface area contributed by atoms with Gasteiger partial charge in [-0.3, -0.25) is 9.59 Å². The van der Waals surface area contributed by atoms with Gasteiger partial charge in [-0.15, -0.1) is 0 Å². The van der Waals surface area contributed by atoms with Crippen molar-refractivity contribution >= 4 is 11.9 Å². The maximum atomic E-state index is 11.4. The molecular weight excluding hydrogens is 200 g/mol. The molecule has 1 aromatic heterocycles. The summed E-state index contributed by atoms with van der Waals surface area (Å²) in [6.45, 7) is -0.434. The van der Waals surface area contributed by atoms with E-state index in [4.69, 9.17) is 9.84 Å². The third-order valence-electron chi connectivity index (χ3n) is 1.61. The molecular formula is C9H10N2O4. The SMILES string of the molecule is COc1ncccc1C(=O)NCC(=O)O. The smallest absolute Gasteiger partial charge is 0.322 e. The number of ether oxygens (including phenoxy) is 1. The van der Waals surface area contributed by atoms with E-state index in [1.807, 2.05) is 0 Å². The van der Waals surface area contributed by atoms with E-state index in [1.54, 1.807) is 6.07 Å². The van der Waals surface area contributed by atoms with Gasteiger partial charge in [-0.2, -0.15) is 0 Å². The third-order valence-corrected chi connectivity index (χ3v) is 1.61. The van der Waals surface area contributed by atoms with Gasteiger partial charge in [-0.05, 0) is 12.1 Å². The van der Waals surface area contributed by atoms with Crippen LogP contribution in [-0.2, 0) is 4.79 Å². The number of methoxy groups -OCH3 is 1. The molecule has 1 heterocycles. The Morgan fingerprint density at radius 1 is 1.60 bits per heavy atom. The highest BCUT2D eigenvalue weighted by molar-refractivity contribution is 5.97. The summed E-state index contributed by atoms with van der Waals surface area (Å²) >= 11 is 0. The van der Waals surface area contributed by atoms with Gasteiger partial charge in [-0.1, -0.05) is 0 Å². The van der Waals surface area contributed by atoms with E-state index in [0.717, 1.165) is 0 Å². The first kappa shape index (κ1) is 11.0. The second-order valence-corrected chi connectivity index (χ2v) is 2.64. The molecule has 1 amide bonds. The van der Waals surface area contributed by atoms with E-state index in [1.165, 1.54) is 19.4 Å². The van der Waals surface area contributed by atoms with Gasteiger partial charge in [0, 0.05) is 6.20 Å². The highest BCUT2D eigenvalue weighted by Crippen LogP contribution is 2.12. The summed E-state index contributed by atoms with van der Waals surface area (Å²) in [6.07, 6.45) is 1.48. The van der Waals surface area contributed by atoms with Gasteiger partial charge in [0.1, 0.15) is 12.1 Å². The van der Waals surface area contributed by atoms with Gasteiger partial charge < -0.3 is 15.2 Å². The van der Waals surface area contributed by atoms with Crippen LogP contribution in [-0.4, -0.2) is 35.6 Å². The largest absolute Gasteiger partial charge is 0.480 e. The lowest BCUT2D eigenvalue weighted by Crippen LogP contribution is -2.29. The lowest BCUT2D eigenvalue weighted by Gasteiger charge is -2.05. The number of carboxylic acid groups (broad SMARTS) is 1. The van der Waals surface area contributed by atoms with E-state index >= 15 is 0 Å². The summed E-state index contributed by atoms with van der Waals surface area (Å²) in [7, 11) is 1.39. The first-order valence-electron chi connectivity index (χ1n) is 4.14. The predicted octanol–water partition coefficient (Wildman–Crippen LogP) is -0.0954. The monoisotopic (exact) mass is 210 g/mol. The zero-order chi connectivity index (χ0) is 11.3. The molecule has 15 heavy (non-hydrogen) atoms. The van der Waals surface area contributed by atoms with Crippen molar-refractivity contribution in [3.05, 3.63) is 23.9 Å². The van der Waals surface area contributed by atoms with Crippen LogP contribution < -0.4 is 10.1 Å². The number of carboxylic acids is 1. The van der Waals surface area contributed by atoms with Crippen LogP contribution in [0.4, 0.5) is 0 Å². The summed E-state index contributed by atoms with van der Waals surface area (Å²) < 4.78 is 4.85. The first-order valence-corrected chi connectivity index (χ1v) is 4.14. The average molecular weight is 210 g/mol. The molecule has 0 atom stereocenters. The van der Waals surface area contributed by atoms with E-state index in [0.29, 0.717) is 0 Å². The van der Waals surface area contributed by atoms with Crippen LogP contribution in [0.15, 0.2) is 18.3 Å². The Hall–Kier alpha value is -2.11. The topological polar surface area (TPSA) is 88.5 Å². The fourth-order valence-corrected chi connectivity index (χ4v) is 0.977. The number of aromatic nitrogens is 1. The fraction of sp³-hybridized carbons (Fsp3) is 0.222. The number of carbonyl (C=O) groups excluding carboxylic acids is 1. The van der Waals surface area contributed by atoms with Gasteiger partial charge in [0.2, 0.25) is 5.88 Å². The predicted molar refractivity (Wildman–Crippen MR) is 50.8 cm³/mol. The quantitative estimate of drug-likeness (QED) is 0.724. The highest BCUT2D eigenvalue weighted by Gasteiger charge is 2.12. The minimum absolute atomic E-state index is 0.167. The molecule has 0 fully saturated rings. The summed E-state index contributed by atoms with van der Waals surface area (Å²) in [5, 5.41) is 10.6. The second-order valence-electron chi connectivity index (χ2n) is 2.64. The number of hydrogen-bond acceptors (Lipinski definition) is 4. The van der Waals surface area contributed by atoms with Gasteiger partial charge in [0.05, 0.1) is 7.11 Å². The van der Waals surface area contributed by atoms with Crippen molar-refractivity contribution in [3.63, 3.8) is 0 Å². The van der Waals surface area contributed by atoms with Crippen molar-refractivity contribution in [2.24, 2.45) is 0 Å². The number of aliphatic carboxylic acids is 1. The van der Waals surface area contributed by atoms with E-state index < -0.39 is 18.4 Å².